The molecule has 0 aliphatic heterocycles. The number of aromatic nitrogens is 2. The summed E-state index contributed by atoms with van der Waals surface area (Å²) in [7, 11) is -0.668. The smallest absolute Gasteiger partial charge is 0.307 e. The lowest BCUT2D eigenvalue weighted by molar-refractivity contribution is -0.141. The van der Waals surface area contributed by atoms with Crippen LogP contribution < -0.4 is 0 Å². The molecule has 7 nitrogen and oxygen atoms in total. The minimum absolute atomic E-state index is 0.0520. The molecule has 0 aromatic carbocycles. The summed E-state index contributed by atoms with van der Waals surface area (Å²) in [4.78, 5) is 14.9. The molecular weight excluding hydrogens is 282 g/mol. The van der Waals surface area contributed by atoms with Gasteiger partial charge in [-0.15, -0.1) is 0 Å². The van der Waals surface area contributed by atoms with E-state index in [0.717, 1.165) is 4.31 Å². The Labute approximate surface area is 119 Å². The van der Waals surface area contributed by atoms with Crippen LogP contribution in [0.5, 0.6) is 0 Å². The van der Waals surface area contributed by atoms with Gasteiger partial charge in [-0.25, -0.2) is 13.4 Å². The number of sulfonamides is 1. The lowest BCUT2D eigenvalue weighted by Gasteiger charge is -2.17. The van der Waals surface area contributed by atoms with Gasteiger partial charge in [-0.1, -0.05) is 20.8 Å². The Kier molecular flexibility index (Phi) is 4.93. The fourth-order valence-electron chi connectivity index (χ4n) is 1.83. The molecule has 0 fully saturated rings. The number of hydrogen-bond donors (Lipinski definition) is 1. The summed E-state index contributed by atoms with van der Waals surface area (Å²) < 4.78 is 27.4. The highest BCUT2D eigenvalue weighted by atomic mass is 32.2. The van der Waals surface area contributed by atoms with Crippen LogP contribution in [-0.4, -0.2) is 46.9 Å². The highest BCUT2D eigenvalue weighted by Gasteiger charge is 2.28. The average molecular weight is 303 g/mol. The van der Waals surface area contributed by atoms with Crippen molar-refractivity contribution >= 4 is 16.0 Å². The predicted octanol–water partition coefficient (Wildman–Crippen LogP) is 0.885. The van der Waals surface area contributed by atoms with Crippen molar-refractivity contribution in [2.24, 2.45) is 13.0 Å². The highest BCUT2D eigenvalue weighted by Crippen LogP contribution is 2.19. The predicted molar refractivity (Wildman–Crippen MR) is 73.9 cm³/mol. The van der Waals surface area contributed by atoms with E-state index in [-0.39, 0.29) is 17.5 Å². The number of carbonyl (C=O) groups is 1. The Morgan fingerprint density at radius 1 is 1.45 bits per heavy atom. The van der Waals surface area contributed by atoms with Crippen LogP contribution in [0.3, 0.4) is 0 Å². The third kappa shape index (κ3) is 3.37. The Morgan fingerprint density at radius 2 is 2.00 bits per heavy atom. The first-order chi connectivity index (χ1) is 9.07. The fraction of sp³-hybridized carbons (Fsp3) is 0.667. The maximum absolute atomic E-state index is 12.3. The largest absolute Gasteiger partial charge is 0.481 e. The van der Waals surface area contributed by atoms with Crippen molar-refractivity contribution in [1.29, 1.82) is 0 Å². The quantitative estimate of drug-likeness (QED) is 0.842. The molecule has 0 bridgehead atoms. The molecule has 1 unspecified atom stereocenters. The van der Waals surface area contributed by atoms with Crippen molar-refractivity contribution in [1.82, 2.24) is 13.9 Å². The van der Waals surface area contributed by atoms with Gasteiger partial charge in [0.25, 0.3) is 10.0 Å². The van der Waals surface area contributed by atoms with Crippen LogP contribution in [0.25, 0.3) is 0 Å². The van der Waals surface area contributed by atoms with Crippen LogP contribution in [0.1, 0.15) is 32.5 Å². The zero-order valence-electron chi connectivity index (χ0n) is 12.4. The molecule has 0 aliphatic rings. The van der Waals surface area contributed by atoms with E-state index in [0.29, 0.717) is 5.82 Å². The Hall–Kier alpha value is -1.41. The third-order valence-electron chi connectivity index (χ3n) is 3.03. The number of aryl methyl sites for hydroxylation is 1. The lowest BCUT2D eigenvalue weighted by atomic mass is 10.2. The van der Waals surface area contributed by atoms with Gasteiger partial charge in [-0.2, -0.15) is 4.31 Å². The molecule has 20 heavy (non-hydrogen) atoms. The number of rotatable bonds is 6. The van der Waals surface area contributed by atoms with Crippen LogP contribution in [0.15, 0.2) is 11.2 Å². The second-order valence-electron chi connectivity index (χ2n) is 5.23. The molecule has 8 heteroatoms. The molecule has 1 N–H and O–H groups in total. The molecule has 1 aromatic rings. The molecule has 0 radical (unpaired) electrons. The van der Waals surface area contributed by atoms with Gasteiger partial charge in [0.1, 0.15) is 5.82 Å². The standard InChI is InChI=1S/C12H21N3O4S/c1-8(2)11-13-10(7-14(11)4)20(18,19)15(5)6-9(3)12(16)17/h7-9H,6H2,1-5H3,(H,16,17). The summed E-state index contributed by atoms with van der Waals surface area (Å²) in [5.74, 6) is -1.03. The van der Waals surface area contributed by atoms with Gasteiger partial charge in [0.05, 0.1) is 5.92 Å². The normalized spacial score (nSPS) is 13.9. The Morgan fingerprint density at radius 3 is 2.40 bits per heavy atom. The molecule has 0 aliphatic carbocycles. The van der Waals surface area contributed by atoms with Crippen molar-refractivity contribution in [3.63, 3.8) is 0 Å². The second-order valence-corrected chi connectivity index (χ2v) is 7.22. The van der Waals surface area contributed by atoms with Crippen molar-refractivity contribution in [2.45, 2.75) is 31.7 Å². The number of imidazole rings is 1. The molecule has 1 aromatic heterocycles. The van der Waals surface area contributed by atoms with Gasteiger partial charge < -0.3 is 9.67 Å². The van der Waals surface area contributed by atoms with E-state index in [4.69, 9.17) is 5.11 Å². The van der Waals surface area contributed by atoms with Crippen molar-refractivity contribution < 1.29 is 18.3 Å². The molecule has 0 spiro atoms. The molecule has 1 atom stereocenters. The number of nitrogens with zero attached hydrogens (tertiary/aromatic N) is 3. The zero-order chi connectivity index (χ0) is 15.7. The maximum atomic E-state index is 12.3. The van der Waals surface area contributed by atoms with Crippen LogP contribution in [-0.2, 0) is 21.9 Å². The second kappa shape index (κ2) is 5.92. The molecule has 0 saturated heterocycles. The first kappa shape index (κ1) is 16.6. The summed E-state index contributed by atoms with van der Waals surface area (Å²) >= 11 is 0. The van der Waals surface area contributed by atoms with E-state index in [1.807, 2.05) is 13.8 Å². The summed E-state index contributed by atoms with van der Waals surface area (Å²) in [6, 6.07) is 0. The zero-order valence-corrected chi connectivity index (χ0v) is 13.2. The fourth-order valence-corrected chi connectivity index (χ4v) is 3.07. The Bertz CT molecular complexity index is 592. The van der Waals surface area contributed by atoms with Crippen LogP contribution in [0.2, 0.25) is 0 Å². The minimum atomic E-state index is -3.76. The number of aliphatic carboxylic acids is 1. The van der Waals surface area contributed by atoms with Crippen molar-refractivity contribution in [3.05, 3.63) is 12.0 Å². The van der Waals surface area contributed by atoms with Gasteiger partial charge in [-0.05, 0) is 0 Å². The van der Waals surface area contributed by atoms with E-state index in [2.05, 4.69) is 4.98 Å². The average Bonchev–Trinajstić information content (AvgIpc) is 2.71. The third-order valence-corrected chi connectivity index (χ3v) is 4.73. The summed E-state index contributed by atoms with van der Waals surface area (Å²) in [5.41, 5.74) is 0. The number of carboxylic acids is 1. The van der Waals surface area contributed by atoms with Gasteiger partial charge in [0, 0.05) is 32.8 Å². The first-order valence-electron chi connectivity index (χ1n) is 6.29. The topological polar surface area (TPSA) is 92.5 Å². The van der Waals surface area contributed by atoms with E-state index in [1.165, 1.54) is 20.2 Å². The first-order valence-corrected chi connectivity index (χ1v) is 7.73. The van der Waals surface area contributed by atoms with Crippen molar-refractivity contribution in [2.75, 3.05) is 13.6 Å². The molecule has 0 saturated carbocycles. The van der Waals surface area contributed by atoms with Crippen molar-refractivity contribution in [3.8, 4) is 0 Å². The number of hydrogen-bond acceptors (Lipinski definition) is 4. The molecule has 1 heterocycles. The maximum Gasteiger partial charge on any atom is 0.307 e. The lowest BCUT2D eigenvalue weighted by Crippen LogP contribution is -2.33. The summed E-state index contributed by atoms with van der Waals surface area (Å²) in [6.45, 7) is 5.22. The number of carboxylic acid groups (broad SMARTS) is 1. The van der Waals surface area contributed by atoms with Gasteiger partial charge >= 0.3 is 5.97 Å². The van der Waals surface area contributed by atoms with Crippen LogP contribution in [0.4, 0.5) is 0 Å². The highest BCUT2D eigenvalue weighted by molar-refractivity contribution is 7.89. The van der Waals surface area contributed by atoms with E-state index in [9.17, 15) is 13.2 Å². The van der Waals surface area contributed by atoms with Crippen LogP contribution >= 0.6 is 0 Å². The van der Waals surface area contributed by atoms with Crippen LogP contribution in [0, 0.1) is 5.92 Å². The van der Waals surface area contributed by atoms with E-state index < -0.39 is 21.9 Å². The molecule has 114 valence electrons. The molecular formula is C12H21N3O4S. The van der Waals surface area contributed by atoms with Gasteiger partial charge in [0.15, 0.2) is 5.03 Å². The molecule has 0 amide bonds. The molecule has 1 rings (SSSR count). The SMILES string of the molecule is CC(CN(C)S(=O)(=O)c1cn(C)c(C(C)C)n1)C(=O)O. The van der Waals surface area contributed by atoms with Gasteiger partial charge in [-0.3, -0.25) is 4.79 Å². The Balaban J connectivity index is 3.04. The monoisotopic (exact) mass is 303 g/mol. The summed E-state index contributed by atoms with van der Waals surface area (Å²) in [6.07, 6.45) is 1.45. The minimum Gasteiger partial charge on any atom is -0.481 e. The summed E-state index contributed by atoms with van der Waals surface area (Å²) in [5, 5.41) is 8.79. The van der Waals surface area contributed by atoms with E-state index in [1.54, 1.807) is 11.6 Å². The van der Waals surface area contributed by atoms with Gasteiger partial charge in [0.2, 0.25) is 0 Å². The van der Waals surface area contributed by atoms with E-state index >= 15 is 0 Å².